The van der Waals surface area contributed by atoms with Crippen LogP contribution in [0.4, 0.5) is 10.5 Å². The van der Waals surface area contributed by atoms with Crippen molar-refractivity contribution in [3.05, 3.63) is 28.2 Å². The third-order valence-corrected chi connectivity index (χ3v) is 5.43. The number of carbonyl (C=O) groups excluding carboxylic acids is 3. The monoisotopic (exact) mass is 383 g/mol. The van der Waals surface area contributed by atoms with Crippen LogP contribution in [0.1, 0.15) is 38.5 Å². The van der Waals surface area contributed by atoms with Crippen molar-refractivity contribution in [2.24, 2.45) is 0 Å². The molecule has 1 spiro atoms. The zero-order valence-corrected chi connectivity index (χ0v) is 15.1. The molecule has 6 nitrogen and oxygen atoms in total. The molecular formula is C17H19Cl2N3O3. The van der Waals surface area contributed by atoms with E-state index < -0.39 is 5.54 Å². The second kappa shape index (κ2) is 7.22. The molecule has 1 aromatic rings. The van der Waals surface area contributed by atoms with Crippen LogP contribution in [0.5, 0.6) is 0 Å². The highest BCUT2D eigenvalue weighted by Gasteiger charge is 2.51. The maximum Gasteiger partial charge on any atom is 0.325 e. The van der Waals surface area contributed by atoms with E-state index in [4.69, 9.17) is 23.2 Å². The minimum atomic E-state index is -0.695. The van der Waals surface area contributed by atoms with Gasteiger partial charge < -0.3 is 10.6 Å². The Morgan fingerprint density at radius 1 is 1.20 bits per heavy atom. The average Bonchev–Trinajstić information content (AvgIpc) is 3.12. The van der Waals surface area contributed by atoms with Crippen LogP contribution in [0, 0.1) is 0 Å². The van der Waals surface area contributed by atoms with E-state index in [1.165, 1.54) is 4.90 Å². The molecule has 2 aliphatic rings. The van der Waals surface area contributed by atoms with E-state index in [1.807, 2.05) is 0 Å². The summed E-state index contributed by atoms with van der Waals surface area (Å²) in [5, 5.41) is 6.33. The van der Waals surface area contributed by atoms with Gasteiger partial charge in [0.05, 0.1) is 10.0 Å². The largest absolute Gasteiger partial charge is 0.326 e. The van der Waals surface area contributed by atoms with Gasteiger partial charge in [0, 0.05) is 18.7 Å². The minimum absolute atomic E-state index is 0.153. The Balaban J connectivity index is 1.49. The number of benzene rings is 1. The highest BCUT2D eigenvalue weighted by atomic mass is 35.5. The van der Waals surface area contributed by atoms with Crippen molar-refractivity contribution >= 4 is 46.7 Å². The van der Waals surface area contributed by atoms with Gasteiger partial charge in [-0.2, -0.15) is 0 Å². The van der Waals surface area contributed by atoms with Crippen molar-refractivity contribution in [1.29, 1.82) is 0 Å². The molecule has 2 N–H and O–H groups in total. The summed E-state index contributed by atoms with van der Waals surface area (Å²) in [6, 6.07) is 4.49. The summed E-state index contributed by atoms with van der Waals surface area (Å²) in [5.74, 6) is -0.360. The Labute approximate surface area is 155 Å². The first kappa shape index (κ1) is 18.0. The summed E-state index contributed by atoms with van der Waals surface area (Å²) >= 11 is 11.7. The van der Waals surface area contributed by atoms with Crippen molar-refractivity contribution in [2.45, 2.75) is 44.1 Å². The number of imide groups is 1. The highest BCUT2D eigenvalue weighted by Crippen LogP contribution is 2.35. The normalized spacial score (nSPS) is 18.7. The van der Waals surface area contributed by atoms with Crippen LogP contribution in [0.3, 0.4) is 0 Å². The van der Waals surface area contributed by atoms with Crippen LogP contribution >= 0.6 is 23.2 Å². The van der Waals surface area contributed by atoms with Crippen molar-refractivity contribution in [2.75, 3.05) is 11.9 Å². The molecule has 0 unspecified atom stereocenters. The van der Waals surface area contributed by atoms with Crippen LogP contribution in [0.15, 0.2) is 18.2 Å². The number of halogens is 2. The molecule has 8 heteroatoms. The Morgan fingerprint density at radius 3 is 2.60 bits per heavy atom. The van der Waals surface area contributed by atoms with Gasteiger partial charge in [0.1, 0.15) is 5.54 Å². The Kier molecular flexibility index (Phi) is 5.20. The minimum Gasteiger partial charge on any atom is -0.326 e. The van der Waals surface area contributed by atoms with Crippen LogP contribution in [0.2, 0.25) is 10.0 Å². The molecule has 1 aliphatic carbocycles. The van der Waals surface area contributed by atoms with E-state index in [1.54, 1.807) is 18.2 Å². The third kappa shape index (κ3) is 3.75. The van der Waals surface area contributed by atoms with Gasteiger partial charge in [0.25, 0.3) is 5.91 Å². The quantitative estimate of drug-likeness (QED) is 0.762. The van der Waals surface area contributed by atoms with Gasteiger partial charge in [0.2, 0.25) is 5.91 Å². The number of anilines is 1. The molecule has 1 heterocycles. The number of nitrogens with one attached hydrogen (secondary N) is 2. The molecule has 3 rings (SSSR count). The first-order valence-corrected chi connectivity index (χ1v) is 9.06. The lowest BCUT2D eigenvalue weighted by Crippen LogP contribution is -2.44. The van der Waals surface area contributed by atoms with Crippen molar-refractivity contribution < 1.29 is 14.4 Å². The Hall–Kier alpha value is -1.79. The van der Waals surface area contributed by atoms with Gasteiger partial charge in [-0.3, -0.25) is 14.5 Å². The van der Waals surface area contributed by atoms with E-state index in [-0.39, 0.29) is 30.8 Å². The van der Waals surface area contributed by atoms with E-state index in [9.17, 15) is 14.4 Å². The molecule has 134 valence electrons. The SMILES string of the molecule is O=C(CCCN1C(=O)NC2(CCCC2)C1=O)Nc1ccc(Cl)c(Cl)c1. The standard InChI is InChI=1S/C17H19Cl2N3O3/c18-12-6-5-11(10-13(12)19)20-14(23)4-3-9-22-15(24)17(21-16(22)25)7-1-2-8-17/h5-6,10H,1-4,7-9H2,(H,20,23)(H,21,25). The first-order chi connectivity index (χ1) is 11.9. The smallest absolute Gasteiger partial charge is 0.325 e. The topological polar surface area (TPSA) is 78.5 Å². The summed E-state index contributed by atoms with van der Waals surface area (Å²) < 4.78 is 0. The number of hydrogen-bond donors (Lipinski definition) is 2. The molecule has 25 heavy (non-hydrogen) atoms. The van der Waals surface area contributed by atoms with Crippen molar-refractivity contribution in [3.8, 4) is 0 Å². The van der Waals surface area contributed by atoms with Crippen LogP contribution < -0.4 is 10.6 Å². The van der Waals surface area contributed by atoms with Crippen LogP contribution in [-0.2, 0) is 9.59 Å². The molecule has 4 amide bonds. The lowest BCUT2D eigenvalue weighted by Gasteiger charge is -2.19. The third-order valence-electron chi connectivity index (χ3n) is 4.69. The highest BCUT2D eigenvalue weighted by molar-refractivity contribution is 6.42. The van der Waals surface area contributed by atoms with E-state index in [2.05, 4.69) is 10.6 Å². The second-order valence-corrected chi connectivity index (χ2v) is 7.27. The summed E-state index contributed by atoms with van der Waals surface area (Å²) in [4.78, 5) is 37.8. The molecule has 0 atom stereocenters. The van der Waals surface area contributed by atoms with Crippen LogP contribution in [0.25, 0.3) is 0 Å². The predicted molar refractivity (Wildman–Crippen MR) is 95.8 cm³/mol. The molecule has 1 saturated heterocycles. The van der Waals surface area contributed by atoms with E-state index >= 15 is 0 Å². The fourth-order valence-corrected chi connectivity index (χ4v) is 3.69. The second-order valence-electron chi connectivity index (χ2n) is 6.46. The van der Waals surface area contributed by atoms with Gasteiger partial charge >= 0.3 is 6.03 Å². The average molecular weight is 384 g/mol. The first-order valence-electron chi connectivity index (χ1n) is 8.30. The zero-order chi connectivity index (χ0) is 18.0. The molecule has 1 saturated carbocycles. The predicted octanol–water partition coefficient (Wildman–Crippen LogP) is 3.58. The lowest BCUT2D eigenvalue weighted by molar-refractivity contribution is -0.131. The summed E-state index contributed by atoms with van der Waals surface area (Å²) in [6.07, 6.45) is 3.91. The van der Waals surface area contributed by atoms with Crippen molar-refractivity contribution in [1.82, 2.24) is 10.2 Å². The van der Waals surface area contributed by atoms with E-state index in [0.717, 1.165) is 12.8 Å². The zero-order valence-electron chi connectivity index (χ0n) is 13.6. The Morgan fingerprint density at radius 2 is 1.92 bits per heavy atom. The fourth-order valence-electron chi connectivity index (χ4n) is 3.39. The number of rotatable bonds is 5. The maximum absolute atomic E-state index is 12.5. The van der Waals surface area contributed by atoms with Gasteiger partial charge in [-0.15, -0.1) is 0 Å². The van der Waals surface area contributed by atoms with Crippen molar-refractivity contribution in [3.63, 3.8) is 0 Å². The molecule has 0 aromatic heterocycles. The number of carbonyl (C=O) groups is 3. The van der Waals surface area contributed by atoms with E-state index in [0.29, 0.717) is 35.0 Å². The maximum atomic E-state index is 12.5. The number of amides is 4. The number of hydrogen-bond acceptors (Lipinski definition) is 3. The molecule has 0 bridgehead atoms. The van der Waals surface area contributed by atoms with Gasteiger partial charge in [-0.05, 0) is 37.5 Å². The molecule has 1 aromatic carbocycles. The van der Waals surface area contributed by atoms with Crippen LogP contribution in [-0.4, -0.2) is 34.8 Å². The number of urea groups is 1. The summed E-state index contributed by atoms with van der Waals surface area (Å²) in [7, 11) is 0. The lowest BCUT2D eigenvalue weighted by atomic mass is 9.98. The molecule has 0 radical (unpaired) electrons. The van der Waals surface area contributed by atoms with Gasteiger partial charge in [-0.25, -0.2) is 4.79 Å². The summed E-state index contributed by atoms with van der Waals surface area (Å²) in [6.45, 7) is 0.237. The molecule has 2 fully saturated rings. The van der Waals surface area contributed by atoms with Gasteiger partial charge in [-0.1, -0.05) is 36.0 Å². The molecule has 1 aliphatic heterocycles. The number of nitrogens with zero attached hydrogens (tertiary/aromatic N) is 1. The van der Waals surface area contributed by atoms with Gasteiger partial charge in [0.15, 0.2) is 0 Å². The Bertz CT molecular complexity index is 717. The molecular weight excluding hydrogens is 365 g/mol. The fraction of sp³-hybridized carbons (Fsp3) is 0.471. The summed E-state index contributed by atoms with van der Waals surface area (Å²) in [5.41, 5.74) is -0.140.